The largest absolute Gasteiger partial charge is 0.484 e. The third-order valence-corrected chi connectivity index (χ3v) is 3.68. The number of hydrogen-bond donors (Lipinski definition) is 2. The molecule has 0 aliphatic heterocycles. The lowest BCUT2D eigenvalue weighted by atomic mass is 10.1. The summed E-state index contributed by atoms with van der Waals surface area (Å²) >= 11 is 0. The molecule has 0 saturated heterocycles. The summed E-state index contributed by atoms with van der Waals surface area (Å²) in [4.78, 5) is 23.7. The van der Waals surface area contributed by atoms with Crippen molar-refractivity contribution in [3.63, 3.8) is 0 Å². The van der Waals surface area contributed by atoms with Gasteiger partial charge in [-0.2, -0.15) is 5.10 Å². The minimum atomic E-state index is -0.254. The number of aromatic amines is 1. The zero-order valence-corrected chi connectivity index (χ0v) is 13.2. The molecule has 0 bridgehead atoms. The number of nitrogens with one attached hydrogen (secondary N) is 2. The standard InChI is InChI=1S/C18H17N3O3/c1-12-6-2-5-9-16(12)24-11-17(22)19-10-15-13-7-3-4-8-14(13)18(23)21-20-15/h2-9H,10-11H2,1H3,(H,19,22)(H,21,23). The molecule has 0 aliphatic rings. The van der Waals surface area contributed by atoms with E-state index in [9.17, 15) is 9.59 Å². The quantitative estimate of drug-likeness (QED) is 0.751. The number of amides is 1. The topological polar surface area (TPSA) is 84.1 Å². The summed E-state index contributed by atoms with van der Waals surface area (Å²) in [6.07, 6.45) is 0. The maximum atomic E-state index is 12.0. The van der Waals surface area contributed by atoms with Crippen LogP contribution in [0.4, 0.5) is 0 Å². The number of fused-ring (bicyclic) bond motifs is 1. The summed E-state index contributed by atoms with van der Waals surface area (Å²) < 4.78 is 5.50. The second-order valence-corrected chi connectivity index (χ2v) is 5.38. The Morgan fingerprint density at radius 3 is 2.62 bits per heavy atom. The lowest BCUT2D eigenvalue weighted by molar-refractivity contribution is -0.123. The van der Waals surface area contributed by atoms with Crippen molar-refractivity contribution in [2.45, 2.75) is 13.5 Å². The van der Waals surface area contributed by atoms with Crippen LogP contribution in [0.1, 0.15) is 11.3 Å². The van der Waals surface area contributed by atoms with Crippen LogP contribution >= 0.6 is 0 Å². The van der Waals surface area contributed by atoms with Gasteiger partial charge in [0.15, 0.2) is 6.61 Å². The summed E-state index contributed by atoms with van der Waals surface area (Å²) in [6, 6.07) is 14.7. The highest BCUT2D eigenvalue weighted by Gasteiger charge is 2.08. The Morgan fingerprint density at radius 2 is 1.83 bits per heavy atom. The number of nitrogens with zero attached hydrogens (tertiary/aromatic N) is 1. The second-order valence-electron chi connectivity index (χ2n) is 5.38. The first-order chi connectivity index (χ1) is 11.6. The summed E-state index contributed by atoms with van der Waals surface area (Å²) in [5.41, 5.74) is 1.33. The van der Waals surface area contributed by atoms with Crippen LogP contribution in [-0.4, -0.2) is 22.7 Å². The van der Waals surface area contributed by atoms with Crippen LogP contribution in [-0.2, 0) is 11.3 Å². The lowest BCUT2D eigenvalue weighted by Gasteiger charge is -2.10. The van der Waals surface area contributed by atoms with Crippen LogP contribution in [0.25, 0.3) is 10.8 Å². The first-order valence-corrected chi connectivity index (χ1v) is 7.56. The Hall–Kier alpha value is -3.15. The number of aromatic nitrogens is 2. The van der Waals surface area contributed by atoms with Gasteiger partial charge in [-0.1, -0.05) is 36.4 Å². The van der Waals surface area contributed by atoms with Crippen LogP contribution in [0, 0.1) is 6.92 Å². The maximum absolute atomic E-state index is 12.0. The van der Waals surface area contributed by atoms with E-state index in [2.05, 4.69) is 15.5 Å². The number of para-hydroxylation sites is 1. The van der Waals surface area contributed by atoms with E-state index in [0.29, 0.717) is 16.8 Å². The molecule has 2 aromatic carbocycles. The molecule has 1 heterocycles. The molecule has 6 nitrogen and oxygen atoms in total. The van der Waals surface area contributed by atoms with Crippen molar-refractivity contribution >= 4 is 16.7 Å². The molecular formula is C18H17N3O3. The smallest absolute Gasteiger partial charge is 0.272 e. The fourth-order valence-electron chi connectivity index (χ4n) is 2.40. The molecule has 3 aromatic rings. The van der Waals surface area contributed by atoms with Gasteiger partial charge < -0.3 is 10.1 Å². The number of benzene rings is 2. The Morgan fingerprint density at radius 1 is 1.12 bits per heavy atom. The van der Waals surface area contributed by atoms with Gasteiger partial charge >= 0.3 is 0 Å². The molecule has 122 valence electrons. The summed E-state index contributed by atoms with van der Waals surface area (Å²) in [7, 11) is 0. The minimum absolute atomic E-state index is 0.0772. The van der Waals surface area contributed by atoms with Gasteiger partial charge in [-0.15, -0.1) is 0 Å². The highest BCUT2D eigenvalue weighted by Crippen LogP contribution is 2.16. The fourth-order valence-corrected chi connectivity index (χ4v) is 2.40. The van der Waals surface area contributed by atoms with Gasteiger partial charge in [-0.3, -0.25) is 9.59 Å². The fraction of sp³-hybridized carbons (Fsp3) is 0.167. The van der Waals surface area contributed by atoms with Crippen LogP contribution < -0.4 is 15.6 Å². The zero-order chi connectivity index (χ0) is 16.9. The van der Waals surface area contributed by atoms with Crippen molar-refractivity contribution in [1.82, 2.24) is 15.5 Å². The van der Waals surface area contributed by atoms with E-state index in [4.69, 9.17) is 4.74 Å². The summed E-state index contributed by atoms with van der Waals surface area (Å²) in [6.45, 7) is 2.06. The first-order valence-electron chi connectivity index (χ1n) is 7.56. The number of carbonyl (C=O) groups excluding carboxylic acids is 1. The van der Waals surface area contributed by atoms with Crippen molar-refractivity contribution in [3.05, 3.63) is 70.1 Å². The molecule has 0 atom stereocenters. The van der Waals surface area contributed by atoms with E-state index < -0.39 is 0 Å². The monoisotopic (exact) mass is 323 g/mol. The van der Waals surface area contributed by atoms with Crippen molar-refractivity contribution in [3.8, 4) is 5.75 Å². The van der Waals surface area contributed by atoms with Crippen molar-refractivity contribution in [2.24, 2.45) is 0 Å². The van der Waals surface area contributed by atoms with E-state index in [1.165, 1.54) is 0 Å². The van der Waals surface area contributed by atoms with Crippen molar-refractivity contribution in [1.29, 1.82) is 0 Å². The van der Waals surface area contributed by atoms with Gasteiger partial charge in [0, 0.05) is 5.39 Å². The number of aryl methyl sites for hydroxylation is 1. The Labute approximate surface area is 138 Å². The SMILES string of the molecule is Cc1ccccc1OCC(=O)NCc1n[nH]c(=O)c2ccccc12. The van der Waals surface area contributed by atoms with Gasteiger partial charge in [0.25, 0.3) is 11.5 Å². The van der Waals surface area contributed by atoms with Gasteiger partial charge in [0.2, 0.25) is 0 Å². The van der Waals surface area contributed by atoms with Crippen molar-refractivity contribution < 1.29 is 9.53 Å². The number of carbonyl (C=O) groups is 1. The molecular weight excluding hydrogens is 306 g/mol. The Balaban J connectivity index is 1.64. The van der Waals surface area contributed by atoms with Gasteiger partial charge in [-0.25, -0.2) is 5.10 Å². The van der Waals surface area contributed by atoms with Crippen molar-refractivity contribution in [2.75, 3.05) is 6.61 Å². The van der Waals surface area contributed by atoms with Crippen LogP contribution in [0.15, 0.2) is 53.3 Å². The summed E-state index contributed by atoms with van der Waals surface area (Å²) in [5.74, 6) is 0.426. The Bertz CT molecular complexity index is 934. The van der Waals surface area contributed by atoms with Gasteiger partial charge in [0.05, 0.1) is 17.6 Å². The van der Waals surface area contributed by atoms with E-state index in [-0.39, 0.29) is 24.6 Å². The molecule has 0 saturated carbocycles. The molecule has 0 aliphatic carbocycles. The zero-order valence-electron chi connectivity index (χ0n) is 13.2. The Kier molecular flexibility index (Phi) is 4.56. The molecule has 0 unspecified atom stereocenters. The van der Waals surface area contributed by atoms with Crippen LogP contribution in [0.3, 0.4) is 0 Å². The highest BCUT2D eigenvalue weighted by molar-refractivity contribution is 5.84. The number of H-pyrrole nitrogens is 1. The third kappa shape index (κ3) is 3.43. The molecule has 0 radical (unpaired) electrons. The molecule has 24 heavy (non-hydrogen) atoms. The lowest BCUT2D eigenvalue weighted by Crippen LogP contribution is -2.29. The van der Waals surface area contributed by atoms with Gasteiger partial charge in [0.1, 0.15) is 5.75 Å². The third-order valence-electron chi connectivity index (χ3n) is 3.68. The van der Waals surface area contributed by atoms with E-state index >= 15 is 0 Å². The maximum Gasteiger partial charge on any atom is 0.272 e. The predicted octanol–water partition coefficient (Wildman–Crippen LogP) is 1.93. The normalized spacial score (nSPS) is 10.5. The number of hydrogen-bond acceptors (Lipinski definition) is 4. The number of rotatable bonds is 5. The van der Waals surface area contributed by atoms with E-state index in [1.54, 1.807) is 12.1 Å². The predicted molar refractivity (Wildman–Crippen MR) is 90.9 cm³/mol. The van der Waals surface area contributed by atoms with Gasteiger partial charge in [-0.05, 0) is 24.6 Å². The molecule has 0 spiro atoms. The molecule has 2 N–H and O–H groups in total. The highest BCUT2D eigenvalue weighted by atomic mass is 16.5. The number of ether oxygens (including phenoxy) is 1. The molecule has 1 amide bonds. The second kappa shape index (κ2) is 6.95. The van der Waals surface area contributed by atoms with E-state index in [1.807, 2.05) is 43.3 Å². The molecule has 3 rings (SSSR count). The summed E-state index contributed by atoms with van der Waals surface area (Å²) in [5, 5.41) is 10.5. The van der Waals surface area contributed by atoms with Crippen LogP contribution in [0.2, 0.25) is 0 Å². The average molecular weight is 323 g/mol. The van der Waals surface area contributed by atoms with Crippen LogP contribution in [0.5, 0.6) is 5.75 Å². The first kappa shape index (κ1) is 15.7. The molecule has 6 heteroatoms. The molecule has 0 fully saturated rings. The molecule has 1 aromatic heterocycles. The van der Waals surface area contributed by atoms with E-state index in [0.717, 1.165) is 10.9 Å². The average Bonchev–Trinajstić information content (AvgIpc) is 2.61. The minimum Gasteiger partial charge on any atom is -0.484 e.